The molecule has 0 unspecified atom stereocenters. The van der Waals surface area contributed by atoms with Crippen LogP contribution >= 0.6 is 0 Å². The van der Waals surface area contributed by atoms with Crippen molar-refractivity contribution in [3.05, 3.63) is 60.7 Å². The minimum atomic E-state index is -0.240. The maximum absolute atomic E-state index is 12.1. The van der Waals surface area contributed by atoms with Gasteiger partial charge in [-0.25, -0.2) is 14.5 Å². The number of carbonyl (C=O) groups excluding carboxylic acids is 1. The molecule has 0 aliphatic heterocycles. The van der Waals surface area contributed by atoms with Crippen LogP contribution in [-0.2, 0) is 6.54 Å². The Hall–Kier alpha value is -4.32. The van der Waals surface area contributed by atoms with Gasteiger partial charge in [0.1, 0.15) is 31.1 Å². The normalized spacial score (nSPS) is 13.4. The predicted octanol–water partition coefficient (Wildman–Crippen LogP) is 5.11. The molecule has 36 heavy (non-hydrogen) atoms. The van der Waals surface area contributed by atoms with Crippen LogP contribution in [0.3, 0.4) is 0 Å². The summed E-state index contributed by atoms with van der Waals surface area (Å²) < 4.78 is 10.00. The van der Waals surface area contributed by atoms with Gasteiger partial charge in [-0.2, -0.15) is 10.4 Å². The van der Waals surface area contributed by atoms with Crippen molar-refractivity contribution >= 4 is 22.6 Å². The zero-order chi connectivity index (χ0) is 25.1. The topological polar surface area (TPSA) is 110 Å². The molecule has 0 radical (unpaired) electrons. The molecule has 4 aromatic rings. The molecule has 9 heteroatoms. The third kappa shape index (κ3) is 4.75. The number of rotatable bonds is 8. The van der Waals surface area contributed by atoms with Gasteiger partial charge >= 0.3 is 6.03 Å². The number of ether oxygens (including phenoxy) is 1. The van der Waals surface area contributed by atoms with Gasteiger partial charge in [0.25, 0.3) is 0 Å². The summed E-state index contributed by atoms with van der Waals surface area (Å²) in [4.78, 5) is 16.0. The third-order valence-corrected chi connectivity index (χ3v) is 6.42. The van der Waals surface area contributed by atoms with E-state index in [-0.39, 0.29) is 12.1 Å². The zero-order valence-electron chi connectivity index (χ0n) is 20.4. The van der Waals surface area contributed by atoms with Crippen LogP contribution in [0, 0.1) is 11.3 Å². The molecule has 2 N–H and O–H groups in total. The Balaban J connectivity index is 1.47. The van der Waals surface area contributed by atoms with Crippen LogP contribution in [-0.4, -0.2) is 38.0 Å². The molecule has 1 aliphatic carbocycles. The van der Waals surface area contributed by atoms with Crippen molar-refractivity contribution in [3.63, 3.8) is 0 Å². The maximum atomic E-state index is 12.1. The highest BCUT2D eigenvalue weighted by atomic mass is 16.5. The number of carbonyl (C=O) groups is 1. The van der Waals surface area contributed by atoms with Gasteiger partial charge in [-0.15, -0.1) is 0 Å². The molecule has 9 nitrogen and oxygen atoms in total. The van der Waals surface area contributed by atoms with Gasteiger partial charge in [-0.05, 0) is 69.0 Å². The van der Waals surface area contributed by atoms with E-state index in [1.807, 2.05) is 50.2 Å². The van der Waals surface area contributed by atoms with Crippen molar-refractivity contribution in [2.75, 3.05) is 11.9 Å². The van der Waals surface area contributed by atoms with E-state index in [0.29, 0.717) is 36.2 Å². The van der Waals surface area contributed by atoms with E-state index in [4.69, 9.17) is 4.74 Å². The smallest absolute Gasteiger partial charge is 0.319 e. The molecule has 5 rings (SSSR count). The van der Waals surface area contributed by atoms with Gasteiger partial charge < -0.3 is 19.9 Å². The van der Waals surface area contributed by atoms with Crippen LogP contribution < -0.4 is 15.4 Å². The van der Waals surface area contributed by atoms with Crippen molar-refractivity contribution in [2.45, 2.75) is 51.7 Å². The van der Waals surface area contributed by atoms with Crippen LogP contribution in [0.5, 0.6) is 5.75 Å². The molecule has 1 saturated carbocycles. The Morgan fingerprint density at radius 1 is 1.22 bits per heavy atom. The summed E-state index contributed by atoms with van der Waals surface area (Å²) in [5.41, 5.74) is 4.23. The molecule has 2 amide bonds. The highest BCUT2D eigenvalue weighted by Gasteiger charge is 2.28. The van der Waals surface area contributed by atoms with Crippen molar-refractivity contribution in [3.8, 4) is 23.1 Å². The number of fused-ring (bicyclic) bond motifs is 1. The lowest BCUT2D eigenvalue weighted by molar-refractivity contribution is 0.250. The summed E-state index contributed by atoms with van der Waals surface area (Å²) in [6.07, 6.45) is 6.52. The number of nitrogens with zero attached hydrogens (tertiary/aromatic N) is 5. The first kappa shape index (κ1) is 23.4. The number of hydrogen-bond acceptors (Lipinski definition) is 5. The summed E-state index contributed by atoms with van der Waals surface area (Å²) in [5, 5.41) is 20.9. The first-order valence-corrected chi connectivity index (χ1v) is 12.2. The number of anilines is 1. The zero-order valence-corrected chi connectivity index (χ0v) is 20.4. The molecule has 2 aromatic carbocycles. The summed E-state index contributed by atoms with van der Waals surface area (Å²) in [6.45, 7) is 4.87. The number of hydrogen-bond donors (Lipinski definition) is 2. The molecule has 1 aliphatic rings. The van der Waals surface area contributed by atoms with E-state index in [2.05, 4.69) is 37.4 Å². The van der Waals surface area contributed by atoms with Gasteiger partial charge in [-0.1, -0.05) is 12.1 Å². The monoisotopic (exact) mass is 483 g/mol. The van der Waals surface area contributed by atoms with Gasteiger partial charge in [0.05, 0.1) is 23.3 Å². The minimum Gasteiger partial charge on any atom is -0.492 e. The summed E-state index contributed by atoms with van der Waals surface area (Å²) >= 11 is 0. The number of aromatic nitrogens is 4. The van der Waals surface area contributed by atoms with Gasteiger partial charge in [0, 0.05) is 23.2 Å². The first-order valence-electron chi connectivity index (χ1n) is 12.2. The van der Waals surface area contributed by atoms with Gasteiger partial charge in [0.2, 0.25) is 0 Å². The van der Waals surface area contributed by atoms with Crippen molar-refractivity contribution in [2.24, 2.45) is 0 Å². The van der Waals surface area contributed by atoms with Crippen LogP contribution in [0.2, 0.25) is 0 Å². The molecule has 0 spiro atoms. The van der Waals surface area contributed by atoms with Gasteiger partial charge in [0.15, 0.2) is 0 Å². The van der Waals surface area contributed by atoms with E-state index in [0.717, 1.165) is 35.0 Å². The van der Waals surface area contributed by atoms with Crippen molar-refractivity contribution < 1.29 is 9.53 Å². The molecule has 2 aromatic heterocycles. The Morgan fingerprint density at radius 3 is 2.67 bits per heavy atom. The van der Waals surface area contributed by atoms with Crippen LogP contribution in [0.25, 0.3) is 22.2 Å². The first-order chi connectivity index (χ1) is 17.5. The standard InChI is InChI=1S/C27H29N7O2/c1-18(2)31-27(35)32-20-8-6-19(7-9-20)26-24(15-28)23-14-22(36-13-12-33-17-29-16-30-33)10-11-25(23)34(26)21-4-3-5-21/h6-11,14,16-18,21H,3-5,12-13H2,1-2H3,(H2,31,32,35). The summed E-state index contributed by atoms with van der Waals surface area (Å²) in [6, 6.07) is 16.3. The molecular weight excluding hydrogens is 454 g/mol. The number of amides is 2. The molecule has 0 bridgehead atoms. The number of nitrogens with one attached hydrogen (secondary N) is 2. The van der Waals surface area contributed by atoms with E-state index in [9.17, 15) is 10.1 Å². The average Bonchev–Trinajstić information content (AvgIpc) is 3.44. The van der Waals surface area contributed by atoms with Crippen LogP contribution in [0.15, 0.2) is 55.1 Å². The fourth-order valence-electron chi connectivity index (χ4n) is 4.55. The fraction of sp³-hybridized carbons (Fsp3) is 0.333. The second-order valence-corrected chi connectivity index (χ2v) is 9.31. The molecule has 2 heterocycles. The highest BCUT2D eigenvalue weighted by molar-refractivity contribution is 5.96. The van der Waals surface area contributed by atoms with Crippen molar-refractivity contribution in [1.29, 1.82) is 5.26 Å². The average molecular weight is 484 g/mol. The molecule has 1 fully saturated rings. The SMILES string of the molecule is CC(C)NC(=O)Nc1ccc(-c2c(C#N)c3cc(OCCn4cncn4)ccc3n2C2CCC2)cc1. The fourth-order valence-corrected chi connectivity index (χ4v) is 4.55. The Kier molecular flexibility index (Phi) is 6.58. The van der Waals surface area contributed by atoms with Gasteiger partial charge in [-0.3, -0.25) is 0 Å². The third-order valence-electron chi connectivity index (χ3n) is 6.42. The largest absolute Gasteiger partial charge is 0.492 e. The minimum absolute atomic E-state index is 0.0529. The lowest BCUT2D eigenvalue weighted by Gasteiger charge is -2.30. The Morgan fingerprint density at radius 2 is 2.03 bits per heavy atom. The Bertz CT molecular complexity index is 1390. The highest BCUT2D eigenvalue weighted by Crippen LogP contribution is 2.43. The lowest BCUT2D eigenvalue weighted by Crippen LogP contribution is -2.34. The molecule has 184 valence electrons. The molecular formula is C27H29N7O2. The maximum Gasteiger partial charge on any atom is 0.319 e. The number of urea groups is 1. The molecule has 0 atom stereocenters. The molecule has 0 saturated heterocycles. The number of benzene rings is 2. The summed E-state index contributed by atoms with van der Waals surface area (Å²) in [5.74, 6) is 0.715. The van der Waals surface area contributed by atoms with Crippen LogP contribution in [0.4, 0.5) is 10.5 Å². The van der Waals surface area contributed by atoms with E-state index in [1.54, 1.807) is 11.0 Å². The van der Waals surface area contributed by atoms with Crippen LogP contribution in [0.1, 0.15) is 44.7 Å². The van der Waals surface area contributed by atoms with E-state index >= 15 is 0 Å². The lowest BCUT2D eigenvalue weighted by atomic mass is 9.92. The second kappa shape index (κ2) is 10.1. The second-order valence-electron chi connectivity index (χ2n) is 9.31. The quantitative estimate of drug-likeness (QED) is 0.362. The Labute approximate surface area is 209 Å². The predicted molar refractivity (Wildman–Crippen MR) is 138 cm³/mol. The summed E-state index contributed by atoms with van der Waals surface area (Å²) in [7, 11) is 0. The van der Waals surface area contributed by atoms with E-state index in [1.165, 1.54) is 12.7 Å². The number of nitriles is 1. The van der Waals surface area contributed by atoms with Crippen molar-refractivity contribution in [1.82, 2.24) is 24.6 Å². The van der Waals surface area contributed by atoms with E-state index < -0.39 is 0 Å².